The molecule has 0 bridgehead atoms. The number of carbonyl (C=O) groups excluding carboxylic acids is 3. The number of para-hydroxylation sites is 2. The number of benzene rings is 4. The summed E-state index contributed by atoms with van der Waals surface area (Å²) in [5, 5.41) is 0.283. The molecule has 1 spiro atoms. The van der Waals surface area contributed by atoms with Crippen LogP contribution < -0.4 is 39.4 Å². The predicted molar refractivity (Wildman–Crippen MR) is 218 cm³/mol. The number of ether oxygens (including phenoxy) is 8. The van der Waals surface area contributed by atoms with E-state index in [1.54, 1.807) is 50.6 Å². The Morgan fingerprint density at radius 1 is 0.627 bits per heavy atom. The minimum absolute atomic E-state index is 0.112. The first-order valence-corrected chi connectivity index (χ1v) is 20.8. The Kier molecular flexibility index (Phi) is 12.6. The highest BCUT2D eigenvalue weighted by molar-refractivity contribution is 7.74. The molecule has 312 valence electrons. The highest BCUT2D eigenvalue weighted by Crippen LogP contribution is 2.59. The number of nitrogens with zero attached hydrogens (tertiary/aromatic N) is 2. The van der Waals surface area contributed by atoms with E-state index in [1.165, 1.54) is 33.1 Å². The molecule has 59 heavy (non-hydrogen) atoms. The molecular formula is C43H47N2O13P. The van der Waals surface area contributed by atoms with Crippen molar-refractivity contribution in [3.8, 4) is 23.0 Å². The third-order valence-corrected chi connectivity index (χ3v) is 13.0. The van der Waals surface area contributed by atoms with Gasteiger partial charge >= 0.3 is 17.9 Å². The Balaban J connectivity index is 1.27. The van der Waals surface area contributed by atoms with Gasteiger partial charge in [0, 0.05) is 63.8 Å². The second-order valence-corrected chi connectivity index (χ2v) is 16.3. The Labute approximate surface area is 342 Å². The zero-order chi connectivity index (χ0) is 41.7. The van der Waals surface area contributed by atoms with Crippen LogP contribution in [0.25, 0.3) is 0 Å². The van der Waals surface area contributed by atoms with E-state index in [-0.39, 0.29) is 27.7 Å². The maximum Gasteiger partial charge on any atom is 0.340 e. The molecule has 1 saturated heterocycles. The van der Waals surface area contributed by atoms with E-state index < -0.39 is 30.9 Å². The number of rotatable bonds is 7. The first-order valence-electron chi connectivity index (χ1n) is 19.2. The quantitative estimate of drug-likeness (QED) is 0.145. The van der Waals surface area contributed by atoms with Gasteiger partial charge in [-0.3, -0.25) is 14.2 Å². The summed E-state index contributed by atoms with van der Waals surface area (Å²) in [6, 6.07) is 20.5. The second-order valence-electron chi connectivity index (χ2n) is 13.9. The van der Waals surface area contributed by atoms with Gasteiger partial charge in [0.25, 0.3) is 7.37 Å². The monoisotopic (exact) mass is 830 g/mol. The number of anilines is 2. The van der Waals surface area contributed by atoms with E-state index in [9.17, 15) is 14.4 Å². The molecule has 0 radical (unpaired) electrons. The van der Waals surface area contributed by atoms with Crippen molar-refractivity contribution in [2.75, 3.05) is 96.9 Å². The normalized spacial score (nSPS) is 20.9. The van der Waals surface area contributed by atoms with Gasteiger partial charge in [0.2, 0.25) is 0 Å². The first-order chi connectivity index (χ1) is 28.5. The minimum Gasteiger partial charge on any atom is -0.495 e. The van der Waals surface area contributed by atoms with Crippen LogP contribution in [-0.2, 0) is 43.2 Å². The molecule has 0 aliphatic carbocycles. The Morgan fingerprint density at radius 3 is 1.64 bits per heavy atom. The van der Waals surface area contributed by atoms with Crippen molar-refractivity contribution < 1.29 is 61.4 Å². The fraction of sp³-hybridized carbons (Fsp3) is 0.372. The summed E-state index contributed by atoms with van der Waals surface area (Å²) in [6.07, 6.45) is 0. The maximum atomic E-state index is 15.1. The average Bonchev–Trinajstić information content (AvgIpc) is 3.51. The molecule has 0 aromatic heterocycles. The van der Waals surface area contributed by atoms with Crippen LogP contribution in [0.15, 0.2) is 72.8 Å². The lowest BCUT2D eigenvalue weighted by Gasteiger charge is -2.40. The van der Waals surface area contributed by atoms with Gasteiger partial charge in [-0.2, -0.15) is 0 Å². The number of esters is 3. The number of hydrogen-bond acceptors (Lipinski definition) is 15. The fourth-order valence-electron chi connectivity index (χ4n) is 7.84. The van der Waals surface area contributed by atoms with Crippen molar-refractivity contribution in [3.63, 3.8) is 0 Å². The third-order valence-electron chi connectivity index (χ3n) is 10.4. The van der Waals surface area contributed by atoms with Crippen molar-refractivity contribution in [2.45, 2.75) is 19.4 Å². The number of hydrogen-bond donors (Lipinski definition) is 0. The van der Waals surface area contributed by atoms with E-state index in [0.29, 0.717) is 93.9 Å². The molecule has 3 aliphatic rings. The van der Waals surface area contributed by atoms with Crippen molar-refractivity contribution in [2.24, 2.45) is 0 Å². The van der Waals surface area contributed by atoms with Crippen LogP contribution in [0, 0.1) is 0 Å². The van der Waals surface area contributed by atoms with Gasteiger partial charge in [-0.25, -0.2) is 4.79 Å². The summed E-state index contributed by atoms with van der Waals surface area (Å²) in [6.45, 7) is 7.05. The summed E-state index contributed by atoms with van der Waals surface area (Å²) < 4.78 is 67.9. The molecule has 4 aromatic carbocycles. The predicted octanol–water partition coefficient (Wildman–Crippen LogP) is 4.58. The summed E-state index contributed by atoms with van der Waals surface area (Å²) in [5.74, 6) is -0.391. The van der Waals surface area contributed by atoms with Crippen LogP contribution in [0.2, 0.25) is 0 Å². The van der Waals surface area contributed by atoms with Gasteiger partial charge in [0.1, 0.15) is 23.0 Å². The van der Waals surface area contributed by atoms with Crippen LogP contribution in [0.4, 0.5) is 11.4 Å². The summed E-state index contributed by atoms with van der Waals surface area (Å²) in [5.41, 5.74) is 1.25. The molecule has 0 atom stereocenters. The molecule has 7 rings (SSSR count). The summed E-state index contributed by atoms with van der Waals surface area (Å²) >= 11 is 0. The summed E-state index contributed by atoms with van der Waals surface area (Å²) in [7, 11) is 0.495. The maximum absolute atomic E-state index is 15.1. The molecule has 0 unspecified atom stereocenters. The number of fused-ring (bicyclic) bond motifs is 6. The molecular weight excluding hydrogens is 783 g/mol. The topological polar surface area (TPSA) is 158 Å². The molecule has 0 saturated carbocycles. The van der Waals surface area contributed by atoms with Crippen LogP contribution in [0.5, 0.6) is 23.0 Å². The highest BCUT2D eigenvalue weighted by Gasteiger charge is 2.58. The van der Waals surface area contributed by atoms with Crippen molar-refractivity contribution in [1.82, 2.24) is 0 Å². The Bertz CT molecular complexity index is 2210. The van der Waals surface area contributed by atoms with Gasteiger partial charge in [-0.1, -0.05) is 12.1 Å². The lowest BCUT2D eigenvalue weighted by molar-refractivity contribution is -0.132. The lowest BCUT2D eigenvalue weighted by Crippen LogP contribution is -2.44. The van der Waals surface area contributed by atoms with E-state index in [4.69, 9.17) is 42.4 Å². The van der Waals surface area contributed by atoms with Crippen LogP contribution in [0.3, 0.4) is 0 Å². The van der Waals surface area contributed by atoms with Gasteiger partial charge < -0.3 is 52.2 Å². The van der Waals surface area contributed by atoms with Gasteiger partial charge in [0.05, 0.1) is 81.4 Å². The smallest absolute Gasteiger partial charge is 0.340 e. The second kappa shape index (κ2) is 17.8. The van der Waals surface area contributed by atoms with Crippen LogP contribution >= 0.6 is 7.37 Å². The van der Waals surface area contributed by atoms with E-state index in [0.717, 1.165) is 11.4 Å². The highest BCUT2D eigenvalue weighted by atomic mass is 31.2. The van der Waals surface area contributed by atoms with Gasteiger partial charge in [-0.05, 0) is 60.7 Å². The van der Waals surface area contributed by atoms with E-state index in [1.807, 2.05) is 29.2 Å². The van der Waals surface area contributed by atoms with E-state index >= 15 is 4.57 Å². The van der Waals surface area contributed by atoms with Crippen molar-refractivity contribution >= 4 is 47.3 Å². The fourth-order valence-corrected chi connectivity index (χ4v) is 10.2. The average molecular weight is 831 g/mol. The van der Waals surface area contributed by atoms with Gasteiger partial charge in [0.15, 0.2) is 5.60 Å². The molecule has 4 aromatic rings. The number of carbonyl (C=O) groups is 3. The zero-order valence-corrected chi connectivity index (χ0v) is 34.5. The summed E-state index contributed by atoms with van der Waals surface area (Å²) in [4.78, 5) is 42.5. The minimum atomic E-state index is -3.99. The molecule has 3 heterocycles. The zero-order valence-electron chi connectivity index (χ0n) is 33.6. The van der Waals surface area contributed by atoms with E-state index in [2.05, 4.69) is 4.90 Å². The Hall–Kier alpha value is -5.44. The lowest BCUT2D eigenvalue weighted by atomic mass is 9.79. The molecule has 16 heteroatoms. The standard InChI is InChI=1S/C43H47N2O13P/c1-28(46)56-30-10-12-33-40(24-30)59(49,52-5)41-25-31(57-29(2)47)11-13-34(41)43(33)35-27-39(51-4)37(26-32(35)42(48)58-43)45-16-19-53-18-14-44(15-20-54-22-23-55-21-17-45)36-8-6-7-9-38(36)50-3/h6-13,24-27H,14-23H2,1-5H3. The third kappa shape index (κ3) is 8.13. The van der Waals surface area contributed by atoms with Crippen LogP contribution in [-0.4, -0.2) is 105 Å². The molecule has 0 N–H and O–H groups in total. The molecule has 1 fully saturated rings. The van der Waals surface area contributed by atoms with Crippen molar-refractivity contribution in [1.29, 1.82) is 0 Å². The largest absolute Gasteiger partial charge is 0.495 e. The SMILES string of the molecule is COc1ccccc1N1CCOCCOCCN(c2cc3c(cc2OC)C2(OC3=O)c3ccc(OC(C)=O)cc3P(=O)(OC)c3cc(OC(C)=O)ccc32)CCOCC1. The van der Waals surface area contributed by atoms with Crippen molar-refractivity contribution in [3.05, 3.63) is 95.1 Å². The number of methoxy groups -OCH3 is 2. The first kappa shape index (κ1) is 41.7. The molecule has 0 amide bonds. The Morgan fingerprint density at radius 2 is 1.14 bits per heavy atom. The molecule has 3 aliphatic heterocycles. The van der Waals surface area contributed by atoms with Crippen LogP contribution in [0.1, 0.15) is 40.9 Å². The molecule has 15 nitrogen and oxygen atoms in total. The van der Waals surface area contributed by atoms with Gasteiger partial charge in [-0.15, -0.1) is 0 Å².